The van der Waals surface area contributed by atoms with Gasteiger partial charge in [-0.05, 0) is 12.1 Å². The van der Waals surface area contributed by atoms with Crippen LogP contribution in [0.1, 0.15) is 0 Å². The third-order valence-corrected chi connectivity index (χ3v) is 3.27. The molecular weight excluding hydrogens is 332 g/mol. The van der Waals surface area contributed by atoms with Crippen molar-refractivity contribution in [2.75, 3.05) is 0 Å². The number of hydrogen-bond donors (Lipinski definition) is 1. The predicted molar refractivity (Wildman–Crippen MR) is 65.7 cm³/mol. The van der Waals surface area contributed by atoms with Gasteiger partial charge in [0.15, 0.2) is 0 Å². The van der Waals surface area contributed by atoms with Gasteiger partial charge < -0.3 is 9.05 Å². The summed E-state index contributed by atoms with van der Waals surface area (Å²) in [7, 11) is -4.68. The van der Waals surface area contributed by atoms with Crippen molar-refractivity contribution >= 4 is 7.75 Å². The minimum atomic E-state index is -4.68. The van der Waals surface area contributed by atoms with Crippen LogP contribution in [-0.2, 0) is 4.57 Å². The summed E-state index contributed by atoms with van der Waals surface area (Å²) < 4.78 is 86.3. The average Bonchev–Trinajstić information content (AvgIpc) is 2.48. The zero-order valence-corrected chi connectivity index (χ0v) is 11.4. The molecule has 0 heterocycles. The third kappa shape index (κ3) is 3.20. The summed E-state index contributed by atoms with van der Waals surface area (Å²) in [6.07, 6.45) is 0. The fraction of sp³-hybridized carbons (Fsp3) is 0. The van der Waals surface area contributed by atoms with Crippen LogP contribution in [0.5, 0.6) is 11.5 Å². The Morgan fingerprint density at radius 3 is 1.73 bits per heavy atom. The molecule has 0 aromatic heterocycles. The van der Waals surface area contributed by atoms with Crippen molar-refractivity contribution in [1.29, 1.82) is 0 Å². The van der Waals surface area contributed by atoms with Crippen LogP contribution < -0.4 is 14.6 Å². The maximum atomic E-state index is 13.4. The monoisotopic (exact) mass is 339 g/mol. The van der Waals surface area contributed by atoms with Gasteiger partial charge in [-0.25, -0.2) is 23.2 Å². The molecule has 10 heteroatoms. The van der Waals surface area contributed by atoms with Crippen LogP contribution in [0, 0.1) is 29.1 Å². The van der Waals surface area contributed by atoms with Gasteiger partial charge in [-0.15, -0.1) is 0 Å². The molecule has 4 nitrogen and oxygen atoms in total. The lowest BCUT2D eigenvalue weighted by atomic mass is 10.3. The zero-order valence-electron chi connectivity index (χ0n) is 10.5. The lowest BCUT2D eigenvalue weighted by Gasteiger charge is -2.16. The van der Waals surface area contributed by atoms with Gasteiger partial charge in [-0.2, -0.15) is 8.78 Å². The third-order valence-electron chi connectivity index (χ3n) is 2.36. The molecule has 1 atom stereocenters. The smallest absolute Gasteiger partial charge is 0.405 e. The molecule has 118 valence electrons. The topological polar surface area (TPSA) is 61.6 Å². The van der Waals surface area contributed by atoms with Gasteiger partial charge in [-0.3, -0.25) is 0 Å². The van der Waals surface area contributed by atoms with Crippen LogP contribution in [0.15, 0.2) is 30.3 Å². The molecule has 0 aliphatic heterocycles. The van der Waals surface area contributed by atoms with E-state index in [4.69, 9.17) is 5.50 Å². The number of para-hydroxylation sites is 1. The highest BCUT2D eigenvalue weighted by molar-refractivity contribution is 7.52. The molecular formula is C12H7F5NO3P. The van der Waals surface area contributed by atoms with Crippen molar-refractivity contribution in [3.8, 4) is 11.5 Å². The minimum absolute atomic E-state index is 0.0859. The predicted octanol–water partition coefficient (Wildman–Crippen LogP) is 3.91. The first kappa shape index (κ1) is 16.3. The lowest BCUT2D eigenvalue weighted by molar-refractivity contribution is 0.326. The van der Waals surface area contributed by atoms with Crippen LogP contribution in [0.2, 0.25) is 0 Å². The molecule has 2 N–H and O–H groups in total. The summed E-state index contributed by atoms with van der Waals surface area (Å²) in [5, 5.41) is 0. The van der Waals surface area contributed by atoms with Gasteiger partial charge in [0.2, 0.25) is 34.8 Å². The van der Waals surface area contributed by atoms with Crippen LogP contribution in [0.4, 0.5) is 22.0 Å². The van der Waals surface area contributed by atoms with E-state index < -0.39 is 42.6 Å². The van der Waals surface area contributed by atoms with Crippen molar-refractivity contribution in [1.82, 2.24) is 0 Å². The van der Waals surface area contributed by atoms with Crippen molar-refractivity contribution in [2.24, 2.45) is 5.50 Å². The van der Waals surface area contributed by atoms with Crippen molar-refractivity contribution in [2.45, 2.75) is 0 Å². The number of benzene rings is 2. The van der Waals surface area contributed by atoms with Gasteiger partial charge in [0.1, 0.15) is 5.75 Å². The van der Waals surface area contributed by atoms with Crippen LogP contribution in [-0.4, -0.2) is 0 Å². The summed E-state index contributed by atoms with van der Waals surface area (Å²) in [4.78, 5) is 0. The summed E-state index contributed by atoms with van der Waals surface area (Å²) in [5.41, 5.74) is 5.10. The highest BCUT2D eigenvalue weighted by Crippen LogP contribution is 2.43. The second kappa shape index (κ2) is 5.94. The van der Waals surface area contributed by atoms with Gasteiger partial charge >= 0.3 is 7.75 Å². The van der Waals surface area contributed by atoms with Crippen molar-refractivity contribution < 1.29 is 35.6 Å². The standard InChI is InChI=1S/C12H7F5NO3P/c13-7-8(14)10(16)12(11(17)9(7)15)21-22(18,19)20-6-4-2-1-3-5-6/h1-5H,(H2,18,19)/t22-/m0/s1. The van der Waals surface area contributed by atoms with Crippen LogP contribution in [0.3, 0.4) is 0 Å². The Kier molecular flexibility index (Phi) is 4.39. The fourth-order valence-electron chi connectivity index (χ4n) is 1.44. The molecule has 2 rings (SSSR count). The van der Waals surface area contributed by atoms with Gasteiger partial charge in [0.05, 0.1) is 0 Å². The van der Waals surface area contributed by atoms with Gasteiger partial charge in [-0.1, -0.05) is 18.2 Å². The van der Waals surface area contributed by atoms with E-state index in [-0.39, 0.29) is 5.75 Å². The first-order chi connectivity index (χ1) is 10.2. The molecule has 0 aliphatic rings. The highest BCUT2D eigenvalue weighted by atomic mass is 31.2. The summed E-state index contributed by atoms with van der Waals surface area (Å²) in [6.45, 7) is 0. The molecule has 0 unspecified atom stereocenters. The van der Waals surface area contributed by atoms with Crippen LogP contribution >= 0.6 is 7.75 Å². The normalized spacial score (nSPS) is 13.5. The Morgan fingerprint density at radius 2 is 1.23 bits per heavy atom. The quantitative estimate of drug-likeness (QED) is 0.397. The summed E-state index contributed by atoms with van der Waals surface area (Å²) in [6, 6.07) is 7.10. The first-order valence-electron chi connectivity index (χ1n) is 5.57. The minimum Gasteiger partial charge on any atom is -0.405 e. The number of nitrogens with two attached hydrogens (primary N) is 1. The first-order valence-corrected chi connectivity index (χ1v) is 7.18. The SMILES string of the molecule is N[P@](=O)(Oc1ccccc1)Oc1c(F)c(F)c(F)c(F)c1F. The van der Waals surface area contributed by atoms with E-state index >= 15 is 0 Å². The maximum Gasteiger partial charge on any atom is 0.510 e. The molecule has 2 aromatic rings. The van der Waals surface area contributed by atoms with Crippen LogP contribution in [0.25, 0.3) is 0 Å². The molecule has 2 aromatic carbocycles. The van der Waals surface area contributed by atoms with Gasteiger partial charge in [0.25, 0.3) is 0 Å². The van der Waals surface area contributed by atoms with E-state index in [1.165, 1.54) is 24.3 Å². The Bertz CT molecular complexity index is 727. The molecule has 0 bridgehead atoms. The lowest BCUT2D eigenvalue weighted by Crippen LogP contribution is -2.13. The largest absolute Gasteiger partial charge is 0.510 e. The molecule has 0 saturated carbocycles. The second-order valence-corrected chi connectivity index (χ2v) is 5.38. The maximum absolute atomic E-state index is 13.4. The number of hydrogen-bond acceptors (Lipinski definition) is 3. The Balaban J connectivity index is 2.36. The van der Waals surface area contributed by atoms with E-state index in [1.807, 2.05) is 0 Å². The highest BCUT2D eigenvalue weighted by Gasteiger charge is 2.32. The number of halogens is 5. The second-order valence-electron chi connectivity index (χ2n) is 3.93. The Hall–Kier alpha value is -2.12. The number of rotatable bonds is 4. The van der Waals surface area contributed by atoms with E-state index in [2.05, 4.69) is 9.05 Å². The molecule has 22 heavy (non-hydrogen) atoms. The molecule has 0 aliphatic carbocycles. The fourth-order valence-corrected chi connectivity index (χ4v) is 2.31. The molecule has 0 amide bonds. The Morgan fingerprint density at radius 1 is 0.773 bits per heavy atom. The molecule has 0 spiro atoms. The Labute approximate surface area is 120 Å². The van der Waals surface area contributed by atoms with E-state index in [9.17, 15) is 26.5 Å². The summed E-state index contributed by atoms with van der Waals surface area (Å²) >= 11 is 0. The van der Waals surface area contributed by atoms with E-state index in [0.29, 0.717) is 0 Å². The average molecular weight is 339 g/mol. The van der Waals surface area contributed by atoms with E-state index in [1.54, 1.807) is 6.07 Å². The van der Waals surface area contributed by atoms with Crippen molar-refractivity contribution in [3.63, 3.8) is 0 Å². The van der Waals surface area contributed by atoms with Crippen molar-refractivity contribution in [3.05, 3.63) is 59.4 Å². The zero-order chi connectivity index (χ0) is 16.5. The molecule has 0 radical (unpaired) electrons. The molecule has 0 fully saturated rings. The molecule has 0 saturated heterocycles. The summed E-state index contributed by atoms with van der Waals surface area (Å²) in [5.74, 6) is -13.4. The van der Waals surface area contributed by atoms with E-state index in [0.717, 1.165) is 0 Å². The van der Waals surface area contributed by atoms with Gasteiger partial charge in [0, 0.05) is 0 Å².